The van der Waals surface area contributed by atoms with Crippen LogP contribution in [0.2, 0.25) is 0 Å². The van der Waals surface area contributed by atoms with E-state index in [2.05, 4.69) is 31.3 Å². The zero-order chi connectivity index (χ0) is 26.8. The highest BCUT2D eigenvalue weighted by Gasteiger charge is 2.44. The minimum Gasteiger partial charge on any atom is -0.394 e. The molecule has 0 aliphatic carbocycles. The highest BCUT2D eigenvalue weighted by molar-refractivity contribution is 5.76. The molecule has 0 saturated carbocycles. The second-order valence-corrected chi connectivity index (χ2v) is 9.48. The molecule has 1 amide bonds. The molecule has 0 aromatic rings. The highest BCUT2D eigenvalue weighted by Crippen LogP contribution is 2.22. The average molecular weight is 516 g/mol. The van der Waals surface area contributed by atoms with Crippen molar-refractivity contribution >= 4 is 5.91 Å². The molecule has 6 N–H and O–H groups in total. The van der Waals surface area contributed by atoms with Crippen molar-refractivity contribution in [2.45, 2.75) is 127 Å². The number of hydrogen-bond donors (Lipinski definition) is 6. The number of unbranched alkanes of at least 4 members (excludes halogenated alkanes) is 7. The Morgan fingerprint density at radius 2 is 1.58 bits per heavy atom. The van der Waals surface area contributed by atoms with Crippen LogP contribution in [0, 0.1) is 0 Å². The lowest BCUT2D eigenvalue weighted by molar-refractivity contribution is -0.302. The Balaban J connectivity index is 2.68. The lowest BCUT2D eigenvalue weighted by Gasteiger charge is -2.40. The summed E-state index contributed by atoms with van der Waals surface area (Å²) >= 11 is 0. The third-order valence-electron chi connectivity index (χ3n) is 6.26. The number of amides is 1. The molecule has 210 valence electrons. The van der Waals surface area contributed by atoms with Crippen molar-refractivity contribution in [3.05, 3.63) is 24.3 Å². The number of hydrogen-bond acceptors (Lipinski definition) is 8. The molecule has 7 atom stereocenters. The summed E-state index contributed by atoms with van der Waals surface area (Å²) in [4.78, 5) is 12.5. The number of aliphatic hydroxyl groups is 5. The van der Waals surface area contributed by atoms with Crippen molar-refractivity contribution in [1.82, 2.24) is 5.32 Å². The Bertz CT molecular complexity index is 627. The van der Waals surface area contributed by atoms with E-state index in [1.54, 1.807) is 6.08 Å². The normalized spacial score (nSPS) is 26.5. The number of aliphatic hydroxyl groups excluding tert-OH is 5. The van der Waals surface area contributed by atoms with E-state index in [1.807, 2.05) is 6.08 Å². The van der Waals surface area contributed by atoms with Crippen molar-refractivity contribution < 1.29 is 39.8 Å². The minimum absolute atomic E-state index is 0.202. The molecule has 0 bridgehead atoms. The van der Waals surface area contributed by atoms with E-state index in [4.69, 9.17) is 9.47 Å². The lowest BCUT2D eigenvalue weighted by atomic mass is 9.99. The predicted octanol–water partition coefficient (Wildman–Crippen LogP) is 2.09. The Morgan fingerprint density at radius 3 is 2.28 bits per heavy atom. The molecule has 0 spiro atoms. The fraction of sp³-hybridized carbons (Fsp3) is 0.815. The molecule has 0 aromatic carbocycles. The van der Waals surface area contributed by atoms with Gasteiger partial charge in [-0.05, 0) is 25.7 Å². The highest BCUT2D eigenvalue weighted by atomic mass is 16.7. The molecule has 0 radical (unpaired) electrons. The molecule has 1 rings (SSSR count). The van der Waals surface area contributed by atoms with E-state index >= 15 is 0 Å². The summed E-state index contributed by atoms with van der Waals surface area (Å²) in [6, 6.07) is -0.808. The smallest absolute Gasteiger partial charge is 0.220 e. The van der Waals surface area contributed by atoms with Crippen LogP contribution >= 0.6 is 0 Å². The van der Waals surface area contributed by atoms with Gasteiger partial charge in [0.1, 0.15) is 24.4 Å². The zero-order valence-electron chi connectivity index (χ0n) is 22.0. The standard InChI is InChI=1S/C27H49NO8/c1-3-5-7-9-11-12-14-16-21(30)20(28-23(31)17-15-13-10-8-6-4-2)19-35-27-26(34)25(33)24(32)22(18-29)36-27/h7,9,14,16,20-22,24-27,29-30,32-34H,3-6,8,10-13,15,17-19H2,1-2H3,(H,28,31)/b9-7+,16-14+. The van der Waals surface area contributed by atoms with Crippen molar-refractivity contribution in [3.63, 3.8) is 0 Å². The third kappa shape index (κ3) is 12.8. The van der Waals surface area contributed by atoms with Gasteiger partial charge in [0.25, 0.3) is 0 Å². The van der Waals surface area contributed by atoms with Gasteiger partial charge >= 0.3 is 0 Å². The Kier molecular flexibility index (Phi) is 17.9. The van der Waals surface area contributed by atoms with Crippen LogP contribution in [0.1, 0.15) is 84.5 Å². The Hall–Kier alpha value is -1.33. The minimum atomic E-state index is -1.56. The second kappa shape index (κ2) is 19.7. The van der Waals surface area contributed by atoms with Gasteiger partial charge < -0.3 is 40.3 Å². The third-order valence-corrected chi connectivity index (χ3v) is 6.26. The summed E-state index contributed by atoms with van der Waals surface area (Å²) in [5, 5.41) is 53.0. The fourth-order valence-electron chi connectivity index (χ4n) is 3.94. The van der Waals surface area contributed by atoms with Crippen LogP contribution in [-0.4, -0.2) is 87.5 Å². The average Bonchev–Trinajstić information content (AvgIpc) is 2.87. The topological polar surface area (TPSA) is 149 Å². The van der Waals surface area contributed by atoms with Gasteiger partial charge in [-0.1, -0.05) is 76.7 Å². The van der Waals surface area contributed by atoms with E-state index in [9.17, 15) is 30.3 Å². The Morgan fingerprint density at radius 1 is 0.917 bits per heavy atom. The molecule has 1 fully saturated rings. The van der Waals surface area contributed by atoms with Crippen LogP contribution in [0.15, 0.2) is 24.3 Å². The molecule has 1 saturated heterocycles. The largest absolute Gasteiger partial charge is 0.394 e. The van der Waals surface area contributed by atoms with Crippen LogP contribution in [0.4, 0.5) is 0 Å². The van der Waals surface area contributed by atoms with E-state index in [0.29, 0.717) is 6.42 Å². The van der Waals surface area contributed by atoms with Gasteiger partial charge in [-0.3, -0.25) is 4.79 Å². The summed E-state index contributed by atoms with van der Waals surface area (Å²) in [5.41, 5.74) is 0. The first-order valence-electron chi connectivity index (χ1n) is 13.6. The van der Waals surface area contributed by atoms with Gasteiger partial charge in [-0.2, -0.15) is 0 Å². The molecular formula is C27H49NO8. The fourth-order valence-corrected chi connectivity index (χ4v) is 3.94. The first-order valence-corrected chi connectivity index (χ1v) is 13.6. The molecule has 1 aliphatic rings. The quantitative estimate of drug-likeness (QED) is 0.113. The van der Waals surface area contributed by atoms with E-state index in [0.717, 1.165) is 57.8 Å². The van der Waals surface area contributed by atoms with Crippen molar-refractivity contribution in [2.24, 2.45) is 0 Å². The van der Waals surface area contributed by atoms with E-state index < -0.39 is 49.5 Å². The summed E-state index contributed by atoms with van der Waals surface area (Å²) in [6.07, 6.45) is 9.99. The number of allylic oxidation sites excluding steroid dienone is 3. The van der Waals surface area contributed by atoms with Crippen molar-refractivity contribution in [1.29, 1.82) is 0 Å². The van der Waals surface area contributed by atoms with Gasteiger partial charge in [-0.15, -0.1) is 0 Å². The second-order valence-electron chi connectivity index (χ2n) is 9.48. The lowest BCUT2D eigenvalue weighted by Crippen LogP contribution is -2.60. The molecule has 1 heterocycles. The number of ether oxygens (including phenoxy) is 2. The van der Waals surface area contributed by atoms with Crippen molar-refractivity contribution in [3.8, 4) is 0 Å². The van der Waals surface area contributed by atoms with Gasteiger partial charge in [-0.25, -0.2) is 0 Å². The number of nitrogens with one attached hydrogen (secondary N) is 1. The van der Waals surface area contributed by atoms with Gasteiger partial charge in [0.15, 0.2) is 6.29 Å². The molecule has 1 aliphatic heterocycles. The molecule has 0 aromatic heterocycles. The molecule has 36 heavy (non-hydrogen) atoms. The van der Waals surface area contributed by atoms with Crippen molar-refractivity contribution in [2.75, 3.05) is 13.2 Å². The summed E-state index contributed by atoms with van der Waals surface area (Å²) in [6.45, 7) is 3.50. The first-order chi connectivity index (χ1) is 17.3. The van der Waals surface area contributed by atoms with E-state index in [-0.39, 0.29) is 12.5 Å². The maximum Gasteiger partial charge on any atom is 0.220 e. The Labute approximate surface area is 216 Å². The van der Waals surface area contributed by atoms with Crippen LogP contribution in [0.25, 0.3) is 0 Å². The maximum atomic E-state index is 12.5. The summed E-state index contributed by atoms with van der Waals surface area (Å²) in [5.74, 6) is -0.206. The number of carbonyl (C=O) groups excluding carboxylic acids is 1. The zero-order valence-corrected chi connectivity index (χ0v) is 22.0. The number of rotatable bonds is 19. The van der Waals surface area contributed by atoms with Crippen LogP contribution in [0.3, 0.4) is 0 Å². The molecule has 7 unspecified atom stereocenters. The summed E-state index contributed by atoms with van der Waals surface area (Å²) < 4.78 is 11.0. The van der Waals surface area contributed by atoms with Crippen LogP contribution in [0.5, 0.6) is 0 Å². The molecule has 9 heteroatoms. The van der Waals surface area contributed by atoms with Gasteiger partial charge in [0.2, 0.25) is 5.91 Å². The monoisotopic (exact) mass is 515 g/mol. The van der Waals surface area contributed by atoms with Crippen LogP contribution < -0.4 is 5.32 Å². The van der Waals surface area contributed by atoms with Gasteiger partial charge in [0, 0.05) is 6.42 Å². The predicted molar refractivity (Wildman–Crippen MR) is 138 cm³/mol. The number of carbonyl (C=O) groups is 1. The molecular weight excluding hydrogens is 466 g/mol. The molecule has 9 nitrogen and oxygen atoms in total. The van der Waals surface area contributed by atoms with Gasteiger partial charge in [0.05, 0.1) is 25.4 Å². The SMILES string of the molecule is CCC/C=C/CC/C=C/C(O)C(COC1OC(CO)C(O)C(O)C1O)NC(=O)CCCCCCCC. The van der Waals surface area contributed by atoms with Crippen LogP contribution in [-0.2, 0) is 14.3 Å². The summed E-state index contributed by atoms with van der Waals surface area (Å²) in [7, 11) is 0. The first kappa shape index (κ1) is 32.7. The van der Waals surface area contributed by atoms with E-state index in [1.165, 1.54) is 6.42 Å². The maximum absolute atomic E-state index is 12.5.